The quantitative estimate of drug-likeness (QED) is 0.804. The van der Waals surface area contributed by atoms with Crippen molar-refractivity contribution in [1.29, 1.82) is 0 Å². The highest BCUT2D eigenvalue weighted by Gasteiger charge is 2.06. The third-order valence-electron chi connectivity index (χ3n) is 3.41. The smallest absolute Gasteiger partial charge is 0.0900 e. The Hall–Kier alpha value is -1.19. The van der Waals surface area contributed by atoms with Crippen LogP contribution in [-0.2, 0) is 6.54 Å². The SMILES string of the molecule is Cc1nc(C)c(CNCCC(C)c2ccccc2)s1. The van der Waals surface area contributed by atoms with Crippen molar-refractivity contribution in [2.24, 2.45) is 0 Å². The van der Waals surface area contributed by atoms with Crippen molar-refractivity contribution in [3.63, 3.8) is 0 Å². The number of nitrogens with one attached hydrogen (secondary N) is 1. The molecular weight excluding hydrogens is 252 g/mol. The van der Waals surface area contributed by atoms with Gasteiger partial charge < -0.3 is 5.32 Å². The van der Waals surface area contributed by atoms with Gasteiger partial charge in [0.25, 0.3) is 0 Å². The van der Waals surface area contributed by atoms with Gasteiger partial charge in [0, 0.05) is 11.4 Å². The summed E-state index contributed by atoms with van der Waals surface area (Å²) < 4.78 is 0. The average molecular weight is 274 g/mol. The molecule has 1 unspecified atom stereocenters. The zero-order valence-electron chi connectivity index (χ0n) is 11.9. The number of benzene rings is 1. The van der Waals surface area contributed by atoms with E-state index in [0.717, 1.165) is 18.1 Å². The first-order chi connectivity index (χ1) is 9.16. The van der Waals surface area contributed by atoms with Crippen LogP contribution in [-0.4, -0.2) is 11.5 Å². The Kier molecular flexibility index (Phi) is 5.11. The second-order valence-electron chi connectivity index (χ2n) is 5.02. The van der Waals surface area contributed by atoms with Crippen LogP contribution in [0.25, 0.3) is 0 Å². The molecule has 0 saturated carbocycles. The molecule has 0 saturated heterocycles. The van der Waals surface area contributed by atoms with E-state index in [1.54, 1.807) is 11.3 Å². The molecule has 3 heteroatoms. The number of aryl methyl sites for hydroxylation is 2. The summed E-state index contributed by atoms with van der Waals surface area (Å²) >= 11 is 1.80. The van der Waals surface area contributed by atoms with Gasteiger partial charge >= 0.3 is 0 Å². The van der Waals surface area contributed by atoms with Crippen LogP contribution in [0.4, 0.5) is 0 Å². The number of hydrogen-bond donors (Lipinski definition) is 1. The van der Waals surface area contributed by atoms with E-state index in [2.05, 4.69) is 61.4 Å². The Bertz CT molecular complexity index is 505. The molecule has 0 aliphatic rings. The highest BCUT2D eigenvalue weighted by atomic mass is 32.1. The van der Waals surface area contributed by atoms with Crippen molar-refractivity contribution in [3.8, 4) is 0 Å². The highest BCUT2D eigenvalue weighted by molar-refractivity contribution is 7.11. The molecular formula is C16H22N2S. The summed E-state index contributed by atoms with van der Waals surface area (Å²) in [6.07, 6.45) is 1.17. The number of aromatic nitrogens is 1. The molecule has 1 atom stereocenters. The molecule has 0 spiro atoms. The van der Waals surface area contributed by atoms with Crippen LogP contribution >= 0.6 is 11.3 Å². The van der Waals surface area contributed by atoms with Gasteiger partial charge in [0.2, 0.25) is 0 Å². The summed E-state index contributed by atoms with van der Waals surface area (Å²) in [5.74, 6) is 0.609. The second kappa shape index (κ2) is 6.83. The Balaban J connectivity index is 1.74. The van der Waals surface area contributed by atoms with Crippen LogP contribution in [0.5, 0.6) is 0 Å². The first-order valence-corrected chi connectivity index (χ1v) is 7.67. The highest BCUT2D eigenvalue weighted by Crippen LogP contribution is 2.19. The normalized spacial score (nSPS) is 12.6. The summed E-state index contributed by atoms with van der Waals surface area (Å²) in [6, 6.07) is 10.7. The molecule has 19 heavy (non-hydrogen) atoms. The monoisotopic (exact) mass is 274 g/mol. The van der Waals surface area contributed by atoms with E-state index in [-0.39, 0.29) is 0 Å². The van der Waals surface area contributed by atoms with E-state index in [1.165, 1.54) is 22.6 Å². The van der Waals surface area contributed by atoms with Gasteiger partial charge in [-0.05, 0) is 38.3 Å². The Morgan fingerprint density at radius 3 is 2.58 bits per heavy atom. The fourth-order valence-corrected chi connectivity index (χ4v) is 3.11. The van der Waals surface area contributed by atoms with Crippen molar-refractivity contribution in [3.05, 3.63) is 51.5 Å². The summed E-state index contributed by atoms with van der Waals surface area (Å²) in [7, 11) is 0. The van der Waals surface area contributed by atoms with Crippen LogP contribution in [0.3, 0.4) is 0 Å². The van der Waals surface area contributed by atoms with E-state index in [9.17, 15) is 0 Å². The van der Waals surface area contributed by atoms with E-state index < -0.39 is 0 Å². The third-order valence-corrected chi connectivity index (χ3v) is 4.48. The van der Waals surface area contributed by atoms with Gasteiger partial charge in [0.05, 0.1) is 10.7 Å². The average Bonchev–Trinajstić information content (AvgIpc) is 2.74. The van der Waals surface area contributed by atoms with Gasteiger partial charge in [-0.1, -0.05) is 37.3 Å². The maximum atomic E-state index is 4.45. The number of nitrogens with zero attached hydrogens (tertiary/aromatic N) is 1. The van der Waals surface area contributed by atoms with E-state index >= 15 is 0 Å². The fourth-order valence-electron chi connectivity index (χ4n) is 2.21. The summed E-state index contributed by atoms with van der Waals surface area (Å²) in [5.41, 5.74) is 2.60. The lowest BCUT2D eigenvalue weighted by molar-refractivity contribution is 0.596. The lowest BCUT2D eigenvalue weighted by atomic mass is 9.98. The predicted molar refractivity (Wildman–Crippen MR) is 82.8 cm³/mol. The molecule has 1 aromatic heterocycles. The van der Waals surface area contributed by atoms with Gasteiger partial charge in [-0.3, -0.25) is 0 Å². The molecule has 0 aliphatic carbocycles. The largest absolute Gasteiger partial charge is 0.312 e. The molecule has 0 bridgehead atoms. The molecule has 0 fully saturated rings. The van der Waals surface area contributed by atoms with Crippen molar-refractivity contribution in [2.45, 2.75) is 39.7 Å². The lowest BCUT2D eigenvalue weighted by Crippen LogP contribution is -2.16. The molecule has 2 aromatic rings. The van der Waals surface area contributed by atoms with Crippen molar-refractivity contribution in [1.82, 2.24) is 10.3 Å². The number of thiazole rings is 1. The van der Waals surface area contributed by atoms with Gasteiger partial charge in [-0.25, -0.2) is 4.98 Å². The molecule has 1 heterocycles. The summed E-state index contributed by atoms with van der Waals surface area (Å²) in [5, 5.41) is 4.69. The fraction of sp³-hybridized carbons (Fsp3) is 0.438. The molecule has 0 radical (unpaired) electrons. The predicted octanol–water partition coefficient (Wildman–Crippen LogP) is 4.04. The van der Waals surface area contributed by atoms with Crippen LogP contribution < -0.4 is 5.32 Å². The van der Waals surface area contributed by atoms with E-state index in [1.807, 2.05) is 0 Å². The number of rotatable bonds is 6. The Morgan fingerprint density at radius 2 is 1.95 bits per heavy atom. The minimum absolute atomic E-state index is 0.609. The maximum absolute atomic E-state index is 4.45. The van der Waals surface area contributed by atoms with E-state index in [0.29, 0.717) is 5.92 Å². The maximum Gasteiger partial charge on any atom is 0.0900 e. The topological polar surface area (TPSA) is 24.9 Å². The van der Waals surface area contributed by atoms with Crippen LogP contribution in [0.2, 0.25) is 0 Å². The Labute approximate surface area is 119 Å². The van der Waals surface area contributed by atoms with Crippen LogP contribution in [0.15, 0.2) is 30.3 Å². The molecule has 1 N–H and O–H groups in total. The van der Waals surface area contributed by atoms with Gasteiger partial charge in [0.15, 0.2) is 0 Å². The molecule has 0 amide bonds. The molecule has 2 rings (SSSR count). The summed E-state index contributed by atoms with van der Waals surface area (Å²) in [6.45, 7) is 8.44. The first kappa shape index (κ1) is 14.2. The minimum Gasteiger partial charge on any atom is -0.312 e. The molecule has 2 nitrogen and oxygen atoms in total. The van der Waals surface area contributed by atoms with Crippen molar-refractivity contribution < 1.29 is 0 Å². The zero-order chi connectivity index (χ0) is 13.7. The Morgan fingerprint density at radius 1 is 1.21 bits per heavy atom. The van der Waals surface area contributed by atoms with Gasteiger partial charge in [-0.15, -0.1) is 11.3 Å². The lowest BCUT2D eigenvalue weighted by Gasteiger charge is -2.12. The molecule has 102 valence electrons. The van der Waals surface area contributed by atoms with E-state index in [4.69, 9.17) is 0 Å². The minimum atomic E-state index is 0.609. The first-order valence-electron chi connectivity index (χ1n) is 6.85. The standard InChI is InChI=1S/C16H22N2S/c1-12(15-7-5-4-6-8-15)9-10-17-11-16-13(2)18-14(3)19-16/h4-8,12,17H,9-11H2,1-3H3. The summed E-state index contributed by atoms with van der Waals surface area (Å²) in [4.78, 5) is 5.82. The molecule has 1 aromatic carbocycles. The van der Waals surface area contributed by atoms with Crippen LogP contribution in [0.1, 0.15) is 40.4 Å². The second-order valence-corrected chi connectivity index (χ2v) is 6.31. The zero-order valence-corrected chi connectivity index (χ0v) is 12.8. The van der Waals surface area contributed by atoms with Gasteiger partial charge in [-0.2, -0.15) is 0 Å². The third kappa shape index (κ3) is 4.15. The van der Waals surface area contributed by atoms with Crippen LogP contribution in [0, 0.1) is 13.8 Å². The van der Waals surface area contributed by atoms with Gasteiger partial charge in [0.1, 0.15) is 0 Å². The molecule has 0 aliphatic heterocycles. The number of hydrogen-bond acceptors (Lipinski definition) is 3. The van der Waals surface area contributed by atoms with Crippen molar-refractivity contribution >= 4 is 11.3 Å². The van der Waals surface area contributed by atoms with Crippen molar-refractivity contribution in [2.75, 3.05) is 6.54 Å².